The number of aliphatic hydroxyl groups is 1. The van der Waals surface area contributed by atoms with Crippen molar-refractivity contribution in [1.29, 1.82) is 0 Å². The second-order valence-electron chi connectivity index (χ2n) is 5.42. The molecule has 0 aliphatic rings. The van der Waals surface area contributed by atoms with Crippen LogP contribution >= 0.6 is 0 Å². The number of aromatic nitrogens is 1. The maximum atomic E-state index is 10.2. The summed E-state index contributed by atoms with van der Waals surface area (Å²) >= 11 is 0. The van der Waals surface area contributed by atoms with E-state index in [4.69, 9.17) is 14.0 Å². The van der Waals surface area contributed by atoms with Gasteiger partial charge in [0.2, 0.25) is 0 Å². The van der Waals surface area contributed by atoms with Crippen LogP contribution in [0.3, 0.4) is 0 Å². The molecule has 0 amide bonds. The smallest absolute Gasteiger partial charge is 0.157 e. The third-order valence-electron chi connectivity index (χ3n) is 3.44. The van der Waals surface area contributed by atoms with Crippen molar-refractivity contribution in [2.24, 2.45) is 0 Å². The summed E-state index contributed by atoms with van der Waals surface area (Å²) in [6, 6.07) is 7.36. The van der Waals surface area contributed by atoms with Gasteiger partial charge in [-0.05, 0) is 45.0 Å². The highest BCUT2D eigenvalue weighted by Crippen LogP contribution is 2.23. The SMILES string of the molecule is CCOc1ccc(OCC(O)CN(C)c2c(C)noc2C)cc1. The van der Waals surface area contributed by atoms with Gasteiger partial charge in [-0.3, -0.25) is 0 Å². The second kappa shape index (κ2) is 7.87. The number of hydrogen-bond acceptors (Lipinski definition) is 6. The van der Waals surface area contributed by atoms with Crippen LogP contribution in [-0.2, 0) is 0 Å². The van der Waals surface area contributed by atoms with Gasteiger partial charge in [0.05, 0.1) is 6.61 Å². The summed E-state index contributed by atoms with van der Waals surface area (Å²) in [6.45, 7) is 6.95. The minimum atomic E-state index is -0.625. The number of rotatable bonds is 8. The Morgan fingerprint density at radius 3 is 2.30 bits per heavy atom. The topological polar surface area (TPSA) is 68.0 Å². The van der Waals surface area contributed by atoms with Crippen LogP contribution in [0.1, 0.15) is 18.4 Å². The molecular weight excluding hydrogens is 296 g/mol. The normalized spacial score (nSPS) is 12.0. The summed E-state index contributed by atoms with van der Waals surface area (Å²) in [5.74, 6) is 2.25. The first-order chi connectivity index (χ1) is 11.0. The van der Waals surface area contributed by atoms with Gasteiger partial charge in [-0.2, -0.15) is 0 Å². The number of likely N-dealkylation sites (N-methyl/N-ethyl adjacent to an activating group) is 1. The molecule has 126 valence electrons. The van der Waals surface area contributed by atoms with E-state index in [2.05, 4.69) is 5.16 Å². The fraction of sp³-hybridized carbons (Fsp3) is 0.471. The largest absolute Gasteiger partial charge is 0.494 e. The first kappa shape index (κ1) is 17.1. The number of nitrogens with zero attached hydrogens (tertiary/aromatic N) is 2. The van der Waals surface area contributed by atoms with E-state index < -0.39 is 6.10 Å². The molecule has 0 radical (unpaired) electrons. The molecule has 0 bridgehead atoms. The quantitative estimate of drug-likeness (QED) is 0.806. The molecule has 2 rings (SSSR count). The second-order valence-corrected chi connectivity index (χ2v) is 5.42. The maximum absolute atomic E-state index is 10.2. The average molecular weight is 320 g/mol. The molecule has 0 saturated heterocycles. The monoisotopic (exact) mass is 320 g/mol. The average Bonchev–Trinajstić information content (AvgIpc) is 2.86. The van der Waals surface area contributed by atoms with E-state index in [-0.39, 0.29) is 6.61 Å². The van der Waals surface area contributed by atoms with Gasteiger partial charge >= 0.3 is 0 Å². The summed E-state index contributed by atoms with van der Waals surface area (Å²) in [7, 11) is 1.90. The van der Waals surface area contributed by atoms with Crippen LogP contribution < -0.4 is 14.4 Å². The van der Waals surface area contributed by atoms with Gasteiger partial charge in [-0.1, -0.05) is 5.16 Å². The number of ether oxygens (including phenoxy) is 2. The van der Waals surface area contributed by atoms with Crippen LogP contribution in [0.25, 0.3) is 0 Å². The van der Waals surface area contributed by atoms with Crippen LogP contribution in [0, 0.1) is 13.8 Å². The van der Waals surface area contributed by atoms with E-state index >= 15 is 0 Å². The molecule has 0 aliphatic heterocycles. The lowest BCUT2D eigenvalue weighted by molar-refractivity contribution is 0.113. The van der Waals surface area contributed by atoms with Crippen molar-refractivity contribution in [3.05, 3.63) is 35.7 Å². The molecule has 1 heterocycles. The van der Waals surface area contributed by atoms with E-state index in [1.807, 2.05) is 57.0 Å². The van der Waals surface area contributed by atoms with Crippen molar-refractivity contribution in [3.63, 3.8) is 0 Å². The molecule has 6 heteroatoms. The van der Waals surface area contributed by atoms with Gasteiger partial charge in [0.25, 0.3) is 0 Å². The van der Waals surface area contributed by atoms with Crippen LogP contribution in [0.2, 0.25) is 0 Å². The minimum absolute atomic E-state index is 0.210. The number of anilines is 1. The lowest BCUT2D eigenvalue weighted by atomic mass is 10.2. The lowest BCUT2D eigenvalue weighted by Gasteiger charge is -2.22. The van der Waals surface area contributed by atoms with Gasteiger partial charge in [0.15, 0.2) is 5.76 Å². The molecule has 0 aliphatic carbocycles. The summed E-state index contributed by atoms with van der Waals surface area (Å²) in [4.78, 5) is 1.92. The number of aliphatic hydroxyl groups excluding tert-OH is 1. The lowest BCUT2D eigenvalue weighted by Crippen LogP contribution is -2.33. The highest BCUT2D eigenvalue weighted by Gasteiger charge is 2.17. The van der Waals surface area contributed by atoms with Gasteiger partial charge in [-0.15, -0.1) is 0 Å². The van der Waals surface area contributed by atoms with Crippen molar-refractivity contribution in [1.82, 2.24) is 5.16 Å². The van der Waals surface area contributed by atoms with E-state index in [9.17, 15) is 5.11 Å². The predicted molar refractivity (Wildman–Crippen MR) is 88.4 cm³/mol. The minimum Gasteiger partial charge on any atom is -0.494 e. The van der Waals surface area contributed by atoms with Gasteiger partial charge < -0.3 is 24.0 Å². The van der Waals surface area contributed by atoms with Crippen molar-refractivity contribution in [3.8, 4) is 11.5 Å². The van der Waals surface area contributed by atoms with Crippen LogP contribution in [0.15, 0.2) is 28.8 Å². The van der Waals surface area contributed by atoms with Crippen LogP contribution in [0.4, 0.5) is 5.69 Å². The van der Waals surface area contributed by atoms with Crippen LogP contribution in [0.5, 0.6) is 11.5 Å². The summed E-state index contributed by atoms with van der Waals surface area (Å²) in [6.07, 6.45) is -0.625. The molecule has 0 saturated carbocycles. The Kier molecular flexibility index (Phi) is 5.87. The van der Waals surface area contributed by atoms with Crippen molar-refractivity contribution >= 4 is 5.69 Å². The zero-order valence-electron chi connectivity index (χ0n) is 14.1. The van der Waals surface area contributed by atoms with Gasteiger partial charge in [-0.25, -0.2) is 0 Å². The predicted octanol–water partition coefficient (Wildman–Crippen LogP) is 2.57. The summed E-state index contributed by atoms with van der Waals surface area (Å²) < 4.78 is 16.1. The molecule has 2 aromatic rings. The van der Waals surface area contributed by atoms with Crippen molar-refractivity contribution in [2.75, 3.05) is 31.7 Å². The molecular formula is C17H24N2O4. The molecule has 1 aromatic heterocycles. The molecule has 0 fully saturated rings. The first-order valence-corrected chi connectivity index (χ1v) is 7.69. The molecule has 1 atom stereocenters. The Hall–Kier alpha value is -2.21. The first-order valence-electron chi connectivity index (χ1n) is 7.69. The third-order valence-corrected chi connectivity index (χ3v) is 3.44. The Morgan fingerprint density at radius 1 is 1.17 bits per heavy atom. The van der Waals surface area contributed by atoms with Gasteiger partial charge in [0, 0.05) is 13.6 Å². The Balaban J connectivity index is 1.84. The molecule has 6 nitrogen and oxygen atoms in total. The summed E-state index contributed by atoms with van der Waals surface area (Å²) in [5, 5.41) is 14.1. The third kappa shape index (κ3) is 4.63. The molecule has 23 heavy (non-hydrogen) atoms. The highest BCUT2D eigenvalue weighted by atomic mass is 16.5. The standard InChI is InChI=1S/C17H24N2O4/c1-5-21-15-6-8-16(9-7-15)22-11-14(20)10-19(4)17-12(2)18-23-13(17)3/h6-9,14,20H,5,10-11H2,1-4H3. The molecule has 0 spiro atoms. The number of aryl methyl sites for hydroxylation is 2. The van der Waals surface area contributed by atoms with Gasteiger partial charge in [0.1, 0.15) is 35.6 Å². The Labute approximate surface area is 136 Å². The molecule has 1 N–H and O–H groups in total. The van der Waals surface area contributed by atoms with E-state index in [1.165, 1.54) is 0 Å². The van der Waals surface area contributed by atoms with E-state index in [1.54, 1.807) is 0 Å². The molecule has 1 unspecified atom stereocenters. The highest BCUT2D eigenvalue weighted by molar-refractivity contribution is 5.52. The van der Waals surface area contributed by atoms with E-state index in [0.29, 0.717) is 18.9 Å². The zero-order valence-corrected chi connectivity index (χ0v) is 14.1. The Morgan fingerprint density at radius 2 is 1.78 bits per heavy atom. The summed E-state index contributed by atoms with van der Waals surface area (Å²) in [5.41, 5.74) is 1.72. The Bertz CT molecular complexity index is 590. The fourth-order valence-corrected chi connectivity index (χ4v) is 2.47. The zero-order chi connectivity index (χ0) is 16.8. The van der Waals surface area contributed by atoms with Crippen LogP contribution in [-0.4, -0.2) is 43.2 Å². The maximum Gasteiger partial charge on any atom is 0.157 e. The van der Waals surface area contributed by atoms with E-state index in [0.717, 1.165) is 22.9 Å². The van der Waals surface area contributed by atoms with Crippen molar-refractivity contribution in [2.45, 2.75) is 26.9 Å². The van der Waals surface area contributed by atoms with Crippen molar-refractivity contribution < 1.29 is 19.1 Å². The number of benzene rings is 1. The fourth-order valence-electron chi connectivity index (χ4n) is 2.47. The number of hydrogen-bond donors (Lipinski definition) is 1. The molecule has 1 aromatic carbocycles.